The van der Waals surface area contributed by atoms with E-state index in [1.807, 2.05) is 17.7 Å². The van der Waals surface area contributed by atoms with Gasteiger partial charge in [-0.15, -0.1) is 0 Å². The van der Waals surface area contributed by atoms with E-state index in [9.17, 15) is 9.90 Å². The summed E-state index contributed by atoms with van der Waals surface area (Å²) in [7, 11) is 0. The topological polar surface area (TPSA) is 79.0 Å². The smallest absolute Gasteiger partial charge is 0.156 e. The highest BCUT2D eigenvalue weighted by molar-refractivity contribution is 5.94. The second-order valence-electron chi connectivity index (χ2n) is 12.6. The molecule has 0 bridgehead atoms. The number of Topliss-reactive ketones (excluding diaryl/α,β-unsaturated/α-hetero) is 1. The van der Waals surface area contributed by atoms with Crippen LogP contribution in [-0.2, 0) is 11.3 Å². The number of ketones is 1. The molecule has 0 unspecified atom stereocenters. The van der Waals surface area contributed by atoms with Crippen LogP contribution in [-0.4, -0.2) is 31.8 Å². The van der Waals surface area contributed by atoms with Gasteiger partial charge in [-0.1, -0.05) is 13.8 Å². The first kappa shape index (κ1) is 22.3. The third kappa shape index (κ3) is 3.41. The lowest BCUT2D eigenvalue weighted by Crippen LogP contribution is -2.55. The molecule has 0 aliphatic heterocycles. The van der Waals surface area contributed by atoms with E-state index >= 15 is 0 Å². The van der Waals surface area contributed by atoms with Gasteiger partial charge < -0.3 is 15.1 Å². The van der Waals surface area contributed by atoms with Gasteiger partial charge in [0.05, 0.1) is 24.2 Å². The Morgan fingerprint density at radius 1 is 1.09 bits per heavy atom. The van der Waals surface area contributed by atoms with Gasteiger partial charge in [0.15, 0.2) is 5.78 Å². The first-order valence-electron chi connectivity index (χ1n) is 12.9. The molecule has 4 fully saturated rings. The SMILES string of the molecule is CC(=N)c1cn(CC(=O)[C@H]2CC[C@H]3[C@@H]4CC[C@@H]5C[C@](C)(O)CC[C@]5(C)[C@H]4CC[C@]23C)cn1. The van der Waals surface area contributed by atoms with E-state index in [-0.39, 0.29) is 11.3 Å². The monoisotopic (exact) mass is 439 g/mol. The number of aromatic nitrogens is 2. The lowest BCUT2D eigenvalue weighted by Gasteiger charge is -2.61. The highest BCUT2D eigenvalue weighted by Gasteiger charge is 2.61. The van der Waals surface area contributed by atoms with Crippen molar-refractivity contribution >= 4 is 11.5 Å². The highest BCUT2D eigenvalue weighted by Crippen LogP contribution is 2.68. The quantitative estimate of drug-likeness (QED) is 0.629. The number of carbonyl (C=O) groups is 1. The molecular formula is C27H41N3O2. The Labute approximate surface area is 192 Å². The summed E-state index contributed by atoms with van der Waals surface area (Å²) in [5.74, 6) is 3.33. The lowest BCUT2D eigenvalue weighted by molar-refractivity contribution is -0.151. The normalized spacial score (nSPS) is 45.6. The minimum absolute atomic E-state index is 0.127. The van der Waals surface area contributed by atoms with Gasteiger partial charge in [0.1, 0.15) is 5.69 Å². The van der Waals surface area contributed by atoms with Crippen molar-refractivity contribution in [3.63, 3.8) is 0 Å². The molecule has 5 nitrogen and oxygen atoms in total. The van der Waals surface area contributed by atoms with Gasteiger partial charge in [0, 0.05) is 12.1 Å². The first-order valence-corrected chi connectivity index (χ1v) is 12.9. The molecular weight excluding hydrogens is 398 g/mol. The predicted molar refractivity (Wildman–Crippen MR) is 126 cm³/mol. The van der Waals surface area contributed by atoms with Crippen LogP contribution in [0.3, 0.4) is 0 Å². The highest BCUT2D eigenvalue weighted by atomic mass is 16.3. The van der Waals surface area contributed by atoms with Gasteiger partial charge in [0.2, 0.25) is 0 Å². The summed E-state index contributed by atoms with van der Waals surface area (Å²) in [5, 5.41) is 18.5. The van der Waals surface area contributed by atoms with Crippen LogP contribution in [0.15, 0.2) is 12.5 Å². The minimum Gasteiger partial charge on any atom is -0.390 e. The minimum atomic E-state index is -0.478. The number of hydrogen-bond donors (Lipinski definition) is 2. The average molecular weight is 440 g/mol. The molecule has 1 heterocycles. The maximum Gasteiger partial charge on any atom is 0.156 e. The van der Waals surface area contributed by atoms with E-state index < -0.39 is 5.60 Å². The number of aliphatic hydroxyl groups is 1. The molecule has 1 aromatic rings. The van der Waals surface area contributed by atoms with Gasteiger partial charge in [-0.2, -0.15) is 0 Å². The molecule has 0 radical (unpaired) electrons. The molecule has 5 heteroatoms. The number of nitrogens with zero attached hydrogens (tertiary/aromatic N) is 2. The van der Waals surface area contributed by atoms with Crippen LogP contribution in [0, 0.1) is 45.8 Å². The molecule has 0 saturated heterocycles. The fourth-order valence-corrected chi connectivity index (χ4v) is 8.89. The molecule has 1 aromatic heterocycles. The standard InChI is InChI=1S/C27H41N3O2/c1-17(28)23-14-30(16-29-23)15-24(31)22-8-7-20-19-6-5-18-13-25(2,32)11-12-26(18,3)21(19)9-10-27(20,22)4/h14,16,18-22,28,32H,5-13,15H2,1-4H3/t18-,19+,20+,21+,22-,25-,26+,27+/m1/s1. The Bertz CT molecular complexity index is 920. The largest absolute Gasteiger partial charge is 0.390 e. The molecule has 4 saturated carbocycles. The number of fused-ring (bicyclic) bond motifs is 5. The molecule has 32 heavy (non-hydrogen) atoms. The number of imidazole rings is 1. The van der Waals surface area contributed by atoms with Gasteiger partial charge in [-0.3, -0.25) is 4.79 Å². The summed E-state index contributed by atoms with van der Waals surface area (Å²) in [5.41, 5.74) is 1.12. The van der Waals surface area contributed by atoms with Crippen molar-refractivity contribution in [1.29, 1.82) is 5.41 Å². The Hall–Kier alpha value is -1.49. The first-order chi connectivity index (χ1) is 15.0. The maximum absolute atomic E-state index is 13.4. The van der Waals surface area contributed by atoms with Gasteiger partial charge >= 0.3 is 0 Å². The molecule has 0 spiro atoms. The third-order valence-corrected chi connectivity index (χ3v) is 10.7. The van der Waals surface area contributed by atoms with Crippen LogP contribution >= 0.6 is 0 Å². The summed E-state index contributed by atoms with van der Waals surface area (Å²) < 4.78 is 1.87. The average Bonchev–Trinajstić information content (AvgIpc) is 3.32. The molecule has 2 N–H and O–H groups in total. The van der Waals surface area contributed by atoms with Crippen molar-refractivity contribution in [1.82, 2.24) is 9.55 Å². The maximum atomic E-state index is 13.4. The fraction of sp³-hybridized carbons (Fsp3) is 0.815. The molecule has 176 valence electrons. The number of hydrogen-bond acceptors (Lipinski definition) is 4. The molecule has 5 rings (SSSR count). The van der Waals surface area contributed by atoms with Crippen LogP contribution in [0.5, 0.6) is 0 Å². The van der Waals surface area contributed by atoms with Crippen molar-refractivity contribution in [2.45, 2.75) is 97.6 Å². The summed E-state index contributed by atoms with van der Waals surface area (Å²) in [4.78, 5) is 17.7. The summed E-state index contributed by atoms with van der Waals surface area (Å²) in [6, 6.07) is 0. The van der Waals surface area contributed by atoms with Crippen LogP contribution in [0.1, 0.15) is 91.2 Å². The molecule has 0 amide bonds. The predicted octanol–water partition coefficient (Wildman–Crippen LogP) is 5.25. The Morgan fingerprint density at radius 2 is 1.84 bits per heavy atom. The van der Waals surface area contributed by atoms with Crippen LogP contribution in [0.2, 0.25) is 0 Å². The van der Waals surface area contributed by atoms with Gasteiger partial charge in [-0.05, 0) is 106 Å². The zero-order valence-corrected chi connectivity index (χ0v) is 20.4. The van der Waals surface area contributed by atoms with Crippen LogP contribution in [0.25, 0.3) is 0 Å². The van der Waals surface area contributed by atoms with E-state index in [2.05, 4.69) is 18.8 Å². The summed E-state index contributed by atoms with van der Waals surface area (Å²) in [6.07, 6.45) is 13.8. The van der Waals surface area contributed by atoms with E-state index in [1.165, 1.54) is 32.1 Å². The number of rotatable bonds is 4. The molecule has 4 aliphatic carbocycles. The molecule has 0 aromatic carbocycles. The Morgan fingerprint density at radius 3 is 2.56 bits per heavy atom. The number of carbonyl (C=O) groups excluding carboxylic acids is 1. The molecule has 4 aliphatic rings. The van der Waals surface area contributed by atoms with E-state index in [0.29, 0.717) is 41.0 Å². The molecule has 8 atom stereocenters. The van der Waals surface area contributed by atoms with Gasteiger partial charge in [0.25, 0.3) is 0 Å². The second-order valence-corrected chi connectivity index (χ2v) is 12.6. The van der Waals surface area contributed by atoms with E-state index in [0.717, 1.165) is 37.5 Å². The second kappa shape index (κ2) is 7.51. The Kier molecular flexibility index (Phi) is 5.24. The van der Waals surface area contributed by atoms with E-state index in [1.54, 1.807) is 13.3 Å². The van der Waals surface area contributed by atoms with Crippen LogP contribution in [0.4, 0.5) is 0 Å². The van der Waals surface area contributed by atoms with Crippen molar-refractivity contribution in [2.75, 3.05) is 0 Å². The van der Waals surface area contributed by atoms with Crippen LogP contribution < -0.4 is 0 Å². The van der Waals surface area contributed by atoms with Crippen molar-refractivity contribution < 1.29 is 9.90 Å². The fourth-order valence-electron chi connectivity index (χ4n) is 8.89. The third-order valence-electron chi connectivity index (χ3n) is 10.7. The van der Waals surface area contributed by atoms with Gasteiger partial charge in [-0.25, -0.2) is 4.98 Å². The van der Waals surface area contributed by atoms with Crippen molar-refractivity contribution in [3.05, 3.63) is 18.2 Å². The zero-order valence-electron chi connectivity index (χ0n) is 20.4. The summed E-state index contributed by atoms with van der Waals surface area (Å²) >= 11 is 0. The lowest BCUT2D eigenvalue weighted by atomic mass is 9.44. The van der Waals surface area contributed by atoms with Crippen molar-refractivity contribution in [3.8, 4) is 0 Å². The van der Waals surface area contributed by atoms with E-state index in [4.69, 9.17) is 5.41 Å². The zero-order chi connectivity index (χ0) is 22.9. The Balaban J connectivity index is 1.32. The summed E-state index contributed by atoms with van der Waals surface area (Å²) in [6.45, 7) is 9.11. The van der Waals surface area contributed by atoms with Crippen molar-refractivity contribution in [2.24, 2.45) is 40.4 Å². The number of nitrogens with one attached hydrogen (secondary N) is 1.